The first-order valence-corrected chi connectivity index (χ1v) is 6.58. The molecule has 0 spiro atoms. The third kappa shape index (κ3) is 2.01. The summed E-state index contributed by atoms with van der Waals surface area (Å²) in [4.78, 5) is 0. The van der Waals surface area contributed by atoms with E-state index in [4.69, 9.17) is 0 Å². The van der Waals surface area contributed by atoms with Crippen molar-refractivity contribution in [2.75, 3.05) is 6.54 Å². The molecule has 1 nitrogen and oxygen atoms in total. The monoisotopic (exact) mass is 215 g/mol. The summed E-state index contributed by atoms with van der Waals surface area (Å²) in [5.74, 6) is 0. The van der Waals surface area contributed by atoms with Gasteiger partial charge in [-0.25, -0.2) is 0 Å². The van der Waals surface area contributed by atoms with E-state index in [1.165, 1.54) is 38.6 Å². The maximum Gasteiger partial charge on any atom is 0.0323 e. The van der Waals surface area contributed by atoms with Gasteiger partial charge in [-0.3, -0.25) is 0 Å². The molecular formula is C15H21N. The highest BCUT2D eigenvalue weighted by atomic mass is 14.9. The Morgan fingerprint density at radius 3 is 2.94 bits per heavy atom. The Morgan fingerprint density at radius 2 is 2.12 bits per heavy atom. The first-order valence-electron chi connectivity index (χ1n) is 6.58. The van der Waals surface area contributed by atoms with E-state index in [-0.39, 0.29) is 0 Å². The molecule has 1 saturated carbocycles. The molecule has 0 heterocycles. The number of benzene rings is 1. The number of nitrogens with one attached hydrogen (secondary N) is 1. The highest BCUT2D eigenvalue weighted by Gasteiger charge is 2.37. The van der Waals surface area contributed by atoms with E-state index >= 15 is 0 Å². The van der Waals surface area contributed by atoms with E-state index in [1.54, 1.807) is 11.1 Å². The van der Waals surface area contributed by atoms with Gasteiger partial charge in [-0.1, -0.05) is 31.2 Å². The molecule has 0 aromatic heterocycles. The van der Waals surface area contributed by atoms with Crippen LogP contribution in [0.25, 0.3) is 0 Å². The van der Waals surface area contributed by atoms with Crippen LogP contribution in [-0.2, 0) is 6.42 Å². The smallest absolute Gasteiger partial charge is 0.0323 e. The molecule has 0 radical (unpaired) electrons. The molecule has 0 amide bonds. The van der Waals surface area contributed by atoms with Gasteiger partial charge in [-0.05, 0) is 48.6 Å². The lowest BCUT2D eigenvalue weighted by atomic mass is 9.87. The summed E-state index contributed by atoms with van der Waals surface area (Å²) < 4.78 is 0. The van der Waals surface area contributed by atoms with Crippen molar-refractivity contribution in [1.82, 2.24) is 5.32 Å². The van der Waals surface area contributed by atoms with Gasteiger partial charge in [-0.15, -0.1) is 0 Å². The van der Waals surface area contributed by atoms with Crippen molar-refractivity contribution >= 4 is 0 Å². The van der Waals surface area contributed by atoms with E-state index in [9.17, 15) is 0 Å². The quantitative estimate of drug-likeness (QED) is 0.814. The zero-order valence-corrected chi connectivity index (χ0v) is 10.1. The molecule has 2 aliphatic carbocycles. The third-order valence-electron chi connectivity index (χ3n) is 4.25. The molecule has 86 valence electrons. The Labute approximate surface area is 98.3 Å². The molecular weight excluding hydrogens is 194 g/mol. The van der Waals surface area contributed by atoms with E-state index in [1.807, 2.05) is 0 Å². The summed E-state index contributed by atoms with van der Waals surface area (Å²) in [5.41, 5.74) is 3.73. The van der Waals surface area contributed by atoms with Crippen LogP contribution in [0.3, 0.4) is 0 Å². The summed E-state index contributed by atoms with van der Waals surface area (Å²) in [6, 6.07) is 9.56. The molecule has 1 atom stereocenters. The molecule has 0 bridgehead atoms. The van der Waals surface area contributed by atoms with Crippen molar-refractivity contribution in [2.45, 2.75) is 45.1 Å². The van der Waals surface area contributed by atoms with Crippen molar-refractivity contribution in [2.24, 2.45) is 5.41 Å². The standard InChI is InChI=1S/C15H21N/c1-15(9-10-15)11-16-14-8-4-6-12-5-2-3-7-13(12)14/h2-3,5,7,14,16H,4,6,8-11H2,1H3. The molecule has 3 rings (SSSR count). The highest BCUT2D eigenvalue weighted by molar-refractivity contribution is 5.32. The second kappa shape index (κ2) is 3.89. The Balaban J connectivity index is 1.71. The van der Waals surface area contributed by atoms with E-state index in [0.29, 0.717) is 11.5 Å². The van der Waals surface area contributed by atoms with Gasteiger partial charge in [0.1, 0.15) is 0 Å². The maximum atomic E-state index is 3.78. The lowest BCUT2D eigenvalue weighted by Gasteiger charge is -2.27. The van der Waals surface area contributed by atoms with Gasteiger partial charge >= 0.3 is 0 Å². The lowest BCUT2D eigenvalue weighted by Crippen LogP contribution is -2.29. The van der Waals surface area contributed by atoms with E-state index in [2.05, 4.69) is 36.5 Å². The van der Waals surface area contributed by atoms with Gasteiger partial charge in [0.15, 0.2) is 0 Å². The Morgan fingerprint density at radius 1 is 1.31 bits per heavy atom. The largest absolute Gasteiger partial charge is 0.309 e. The van der Waals surface area contributed by atoms with E-state index < -0.39 is 0 Å². The molecule has 16 heavy (non-hydrogen) atoms. The van der Waals surface area contributed by atoms with Crippen molar-refractivity contribution in [3.8, 4) is 0 Å². The Hall–Kier alpha value is -0.820. The van der Waals surface area contributed by atoms with Gasteiger partial charge in [0, 0.05) is 12.6 Å². The van der Waals surface area contributed by atoms with Crippen LogP contribution >= 0.6 is 0 Å². The fourth-order valence-corrected chi connectivity index (χ4v) is 2.73. The Kier molecular flexibility index (Phi) is 2.51. The maximum absolute atomic E-state index is 3.78. The molecule has 1 N–H and O–H groups in total. The fourth-order valence-electron chi connectivity index (χ4n) is 2.73. The minimum Gasteiger partial charge on any atom is -0.309 e. The summed E-state index contributed by atoms with van der Waals surface area (Å²) in [6.07, 6.45) is 6.74. The van der Waals surface area contributed by atoms with Gasteiger partial charge in [-0.2, -0.15) is 0 Å². The predicted octanol–water partition coefficient (Wildman–Crippen LogP) is 3.45. The van der Waals surface area contributed by atoms with Crippen LogP contribution in [0.2, 0.25) is 0 Å². The number of hydrogen-bond acceptors (Lipinski definition) is 1. The summed E-state index contributed by atoms with van der Waals surface area (Å²) in [7, 11) is 0. The van der Waals surface area contributed by atoms with Crippen LogP contribution in [-0.4, -0.2) is 6.54 Å². The minimum atomic E-state index is 0.613. The van der Waals surface area contributed by atoms with Crippen LogP contribution in [0.1, 0.15) is 49.8 Å². The summed E-state index contributed by atoms with van der Waals surface area (Å²) in [6.45, 7) is 3.60. The molecule has 1 heteroatoms. The molecule has 2 aliphatic rings. The molecule has 1 fully saturated rings. The summed E-state index contributed by atoms with van der Waals surface area (Å²) >= 11 is 0. The average Bonchev–Trinajstić information content (AvgIpc) is 3.05. The third-order valence-corrected chi connectivity index (χ3v) is 4.25. The van der Waals surface area contributed by atoms with E-state index in [0.717, 1.165) is 0 Å². The number of aryl methyl sites for hydroxylation is 1. The zero-order valence-electron chi connectivity index (χ0n) is 10.1. The normalized spacial score (nSPS) is 26.2. The zero-order chi connectivity index (χ0) is 11.0. The molecule has 1 aromatic carbocycles. The second-order valence-electron chi connectivity index (χ2n) is 5.84. The van der Waals surface area contributed by atoms with Gasteiger partial charge in [0.05, 0.1) is 0 Å². The van der Waals surface area contributed by atoms with Gasteiger partial charge in [0.25, 0.3) is 0 Å². The molecule has 0 saturated heterocycles. The van der Waals surface area contributed by atoms with Crippen LogP contribution in [0.5, 0.6) is 0 Å². The van der Waals surface area contributed by atoms with Crippen molar-refractivity contribution in [3.05, 3.63) is 35.4 Å². The number of rotatable bonds is 3. The second-order valence-corrected chi connectivity index (χ2v) is 5.84. The molecule has 1 aromatic rings. The van der Waals surface area contributed by atoms with Crippen LogP contribution < -0.4 is 5.32 Å². The van der Waals surface area contributed by atoms with Crippen molar-refractivity contribution < 1.29 is 0 Å². The SMILES string of the molecule is CC1(CNC2CCCc3ccccc32)CC1. The van der Waals surface area contributed by atoms with Gasteiger partial charge < -0.3 is 5.32 Å². The first-order chi connectivity index (χ1) is 7.77. The van der Waals surface area contributed by atoms with Crippen molar-refractivity contribution in [3.63, 3.8) is 0 Å². The fraction of sp³-hybridized carbons (Fsp3) is 0.600. The number of fused-ring (bicyclic) bond motifs is 1. The first kappa shape index (κ1) is 10.3. The average molecular weight is 215 g/mol. The minimum absolute atomic E-state index is 0.613. The van der Waals surface area contributed by atoms with Gasteiger partial charge in [0.2, 0.25) is 0 Å². The number of hydrogen-bond donors (Lipinski definition) is 1. The topological polar surface area (TPSA) is 12.0 Å². The predicted molar refractivity (Wildman–Crippen MR) is 67.5 cm³/mol. The lowest BCUT2D eigenvalue weighted by molar-refractivity contribution is 0.404. The molecule has 0 aliphatic heterocycles. The molecule has 1 unspecified atom stereocenters. The van der Waals surface area contributed by atoms with Crippen molar-refractivity contribution in [1.29, 1.82) is 0 Å². The summed E-state index contributed by atoms with van der Waals surface area (Å²) in [5, 5.41) is 3.78. The van der Waals surface area contributed by atoms with Crippen LogP contribution in [0.4, 0.5) is 0 Å². The Bertz CT molecular complexity index is 379. The van der Waals surface area contributed by atoms with Crippen LogP contribution in [0.15, 0.2) is 24.3 Å². The highest BCUT2D eigenvalue weighted by Crippen LogP contribution is 2.44. The van der Waals surface area contributed by atoms with Crippen LogP contribution in [0, 0.1) is 5.41 Å².